The number of anilines is 1. The molecule has 6 heteroatoms. The maximum Gasteiger partial charge on any atom is 0.265 e. The van der Waals surface area contributed by atoms with E-state index >= 15 is 0 Å². The Hall–Kier alpha value is -2.34. The number of thiophene rings is 1. The minimum atomic E-state index is -0.208. The lowest BCUT2D eigenvalue weighted by Crippen LogP contribution is -2.20. The van der Waals surface area contributed by atoms with Gasteiger partial charge in [0.15, 0.2) is 5.84 Å². The van der Waals surface area contributed by atoms with Crippen LogP contribution in [0.2, 0.25) is 0 Å². The molecule has 0 atom stereocenters. The number of hydrogen-bond acceptors (Lipinski definition) is 4. The van der Waals surface area contributed by atoms with Gasteiger partial charge in [-0.25, -0.2) is 0 Å². The molecule has 0 fully saturated rings. The second-order valence-electron chi connectivity index (χ2n) is 4.35. The summed E-state index contributed by atoms with van der Waals surface area (Å²) in [6.07, 6.45) is 0. The molecule has 4 N–H and O–H groups in total. The molecule has 1 aromatic heterocycles. The van der Waals surface area contributed by atoms with Crippen molar-refractivity contribution in [3.05, 3.63) is 51.2 Å². The third-order valence-corrected chi connectivity index (χ3v) is 3.85. The number of carbonyl (C=O) groups is 1. The van der Waals surface area contributed by atoms with E-state index in [-0.39, 0.29) is 11.7 Å². The summed E-state index contributed by atoms with van der Waals surface area (Å²) in [7, 11) is 0. The zero-order chi connectivity index (χ0) is 14.7. The molecule has 0 spiro atoms. The number of nitrogens with one attached hydrogen (secondary N) is 1. The Kier molecular flexibility index (Phi) is 4.05. The van der Waals surface area contributed by atoms with E-state index in [0.29, 0.717) is 16.1 Å². The second kappa shape index (κ2) is 5.75. The van der Waals surface area contributed by atoms with Crippen LogP contribution in [0.1, 0.15) is 25.7 Å². The highest BCUT2D eigenvalue weighted by Crippen LogP contribution is 2.22. The first kappa shape index (κ1) is 14.1. The number of amidine groups is 1. The van der Waals surface area contributed by atoms with Crippen LogP contribution in [-0.2, 0) is 0 Å². The molecule has 5 nitrogen and oxygen atoms in total. The van der Waals surface area contributed by atoms with E-state index in [2.05, 4.69) is 10.5 Å². The van der Waals surface area contributed by atoms with Gasteiger partial charge in [-0.15, -0.1) is 11.3 Å². The van der Waals surface area contributed by atoms with Crippen molar-refractivity contribution in [3.63, 3.8) is 0 Å². The number of rotatable bonds is 3. The van der Waals surface area contributed by atoms with Gasteiger partial charge in [0, 0.05) is 10.4 Å². The Bertz CT molecular complexity index is 677. The van der Waals surface area contributed by atoms with Crippen molar-refractivity contribution in [2.24, 2.45) is 10.9 Å². The van der Waals surface area contributed by atoms with Gasteiger partial charge in [-0.2, -0.15) is 0 Å². The Labute approximate surface area is 120 Å². The standard InChI is InChI=1S/C14H15N3O2S/c1-8-4-3-5-10(12(8)13(15)17-19)16-14(18)11-7-6-9(2)20-11/h3-7,19H,1-2H3,(H2,15,17)(H,16,18). The number of amides is 1. The third-order valence-electron chi connectivity index (χ3n) is 2.85. The van der Waals surface area contributed by atoms with Gasteiger partial charge < -0.3 is 16.3 Å². The normalized spacial score (nSPS) is 11.4. The predicted octanol–water partition coefficient (Wildman–Crippen LogP) is 2.71. The van der Waals surface area contributed by atoms with Crippen LogP contribution in [0.25, 0.3) is 0 Å². The van der Waals surface area contributed by atoms with Crippen LogP contribution in [0.5, 0.6) is 0 Å². The van der Waals surface area contributed by atoms with E-state index in [1.54, 1.807) is 18.2 Å². The van der Waals surface area contributed by atoms with Crippen LogP contribution in [0.3, 0.4) is 0 Å². The van der Waals surface area contributed by atoms with Gasteiger partial charge in [-0.1, -0.05) is 17.3 Å². The Balaban J connectivity index is 2.34. The van der Waals surface area contributed by atoms with Crippen LogP contribution < -0.4 is 11.1 Å². The molecule has 0 bridgehead atoms. The number of oxime groups is 1. The van der Waals surface area contributed by atoms with Crippen LogP contribution >= 0.6 is 11.3 Å². The molecule has 0 radical (unpaired) electrons. The topological polar surface area (TPSA) is 87.7 Å². The first-order chi connectivity index (χ1) is 9.52. The van der Waals surface area contributed by atoms with Crippen LogP contribution in [0, 0.1) is 13.8 Å². The molecule has 0 saturated heterocycles. The van der Waals surface area contributed by atoms with Gasteiger partial charge in [0.1, 0.15) is 0 Å². The molecule has 1 amide bonds. The van der Waals surface area contributed by atoms with E-state index in [1.807, 2.05) is 26.0 Å². The van der Waals surface area contributed by atoms with E-state index in [4.69, 9.17) is 10.9 Å². The molecule has 2 aromatic rings. The molecule has 0 aliphatic heterocycles. The lowest BCUT2D eigenvalue weighted by Gasteiger charge is -2.12. The van der Waals surface area contributed by atoms with Crippen LogP contribution in [0.4, 0.5) is 5.69 Å². The largest absolute Gasteiger partial charge is 0.409 e. The van der Waals surface area contributed by atoms with Gasteiger partial charge in [0.05, 0.1) is 10.6 Å². The number of benzene rings is 1. The number of nitrogens with zero attached hydrogens (tertiary/aromatic N) is 1. The second-order valence-corrected chi connectivity index (χ2v) is 5.64. The first-order valence-corrected chi connectivity index (χ1v) is 6.80. The smallest absolute Gasteiger partial charge is 0.265 e. The number of carbonyl (C=O) groups excluding carboxylic acids is 1. The molecule has 104 valence electrons. The van der Waals surface area contributed by atoms with E-state index in [0.717, 1.165) is 10.4 Å². The minimum Gasteiger partial charge on any atom is -0.409 e. The van der Waals surface area contributed by atoms with Crippen molar-refractivity contribution in [1.29, 1.82) is 0 Å². The zero-order valence-electron chi connectivity index (χ0n) is 11.2. The predicted molar refractivity (Wildman–Crippen MR) is 80.7 cm³/mol. The molecule has 0 saturated carbocycles. The first-order valence-electron chi connectivity index (χ1n) is 5.98. The number of aryl methyl sites for hydroxylation is 2. The number of nitrogens with two attached hydrogens (primary N) is 1. The average Bonchev–Trinajstić information content (AvgIpc) is 2.85. The summed E-state index contributed by atoms with van der Waals surface area (Å²) in [6, 6.07) is 9.02. The van der Waals surface area contributed by atoms with Gasteiger partial charge in [0.25, 0.3) is 5.91 Å². The van der Waals surface area contributed by atoms with Gasteiger partial charge in [-0.05, 0) is 37.6 Å². The van der Waals surface area contributed by atoms with Crippen molar-refractivity contribution < 1.29 is 10.0 Å². The molecule has 1 aromatic carbocycles. The molecule has 20 heavy (non-hydrogen) atoms. The SMILES string of the molecule is Cc1ccc(C(=O)Nc2cccc(C)c2/C(N)=N/O)s1. The summed E-state index contributed by atoms with van der Waals surface area (Å²) >= 11 is 1.42. The lowest BCUT2D eigenvalue weighted by atomic mass is 10.1. The summed E-state index contributed by atoms with van der Waals surface area (Å²) in [5.41, 5.74) is 7.53. The fourth-order valence-electron chi connectivity index (χ4n) is 1.90. The summed E-state index contributed by atoms with van der Waals surface area (Å²) in [5.74, 6) is -0.235. The average molecular weight is 289 g/mol. The van der Waals surface area contributed by atoms with Crippen LogP contribution in [-0.4, -0.2) is 17.0 Å². The monoisotopic (exact) mass is 289 g/mol. The van der Waals surface area contributed by atoms with Gasteiger partial charge in [0.2, 0.25) is 0 Å². The third kappa shape index (κ3) is 2.80. The Morgan fingerprint density at radius 2 is 2.05 bits per heavy atom. The quantitative estimate of drug-likeness (QED) is 0.351. The zero-order valence-corrected chi connectivity index (χ0v) is 12.0. The fourth-order valence-corrected chi connectivity index (χ4v) is 2.67. The highest BCUT2D eigenvalue weighted by atomic mass is 32.1. The molecule has 0 aliphatic carbocycles. The molecule has 1 heterocycles. The maximum absolute atomic E-state index is 12.2. The summed E-state index contributed by atoms with van der Waals surface area (Å²) in [4.78, 5) is 13.8. The summed E-state index contributed by atoms with van der Waals surface area (Å²) in [6.45, 7) is 3.77. The number of hydrogen-bond donors (Lipinski definition) is 3. The molecule has 2 rings (SSSR count). The lowest BCUT2D eigenvalue weighted by molar-refractivity contribution is 0.103. The van der Waals surface area contributed by atoms with Crippen LogP contribution in [0.15, 0.2) is 35.5 Å². The summed E-state index contributed by atoms with van der Waals surface area (Å²) in [5, 5.41) is 14.6. The highest BCUT2D eigenvalue weighted by molar-refractivity contribution is 7.14. The highest BCUT2D eigenvalue weighted by Gasteiger charge is 2.14. The van der Waals surface area contributed by atoms with Crippen molar-refractivity contribution in [1.82, 2.24) is 0 Å². The van der Waals surface area contributed by atoms with Crippen molar-refractivity contribution in [2.45, 2.75) is 13.8 Å². The molecule has 0 unspecified atom stereocenters. The molecule has 0 aliphatic rings. The Morgan fingerprint density at radius 1 is 1.30 bits per heavy atom. The van der Waals surface area contributed by atoms with E-state index in [9.17, 15) is 4.79 Å². The van der Waals surface area contributed by atoms with E-state index in [1.165, 1.54) is 11.3 Å². The van der Waals surface area contributed by atoms with Crippen molar-refractivity contribution in [2.75, 3.05) is 5.32 Å². The molecular weight excluding hydrogens is 274 g/mol. The van der Waals surface area contributed by atoms with E-state index < -0.39 is 0 Å². The Morgan fingerprint density at radius 3 is 2.65 bits per heavy atom. The van der Waals surface area contributed by atoms with Gasteiger partial charge in [-0.3, -0.25) is 4.79 Å². The maximum atomic E-state index is 12.2. The summed E-state index contributed by atoms with van der Waals surface area (Å²) < 4.78 is 0. The fraction of sp³-hybridized carbons (Fsp3) is 0.143. The van der Waals surface area contributed by atoms with Crippen molar-refractivity contribution >= 4 is 28.8 Å². The van der Waals surface area contributed by atoms with Crippen molar-refractivity contribution in [3.8, 4) is 0 Å². The van der Waals surface area contributed by atoms with Gasteiger partial charge >= 0.3 is 0 Å². The molecular formula is C14H15N3O2S. The minimum absolute atomic E-state index is 0.0271.